The van der Waals surface area contributed by atoms with Crippen LogP contribution in [0.25, 0.3) is 11.1 Å². The fourth-order valence-electron chi connectivity index (χ4n) is 4.00. The van der Waals surface area contributed by atoms with E-state index < -0.39 is 0 Å². The number of hydrogen-bond acceptors (Lipinski definition) is 4. The van der Waals surface area contributed by atoms with Crippen molar-refractivity contribution < 1.29 is 18.8 Å². The van der Waals surface area contributed by atoms with Crippen molar-refractivity contribution in [2.24, 2.45) is 0 Å². The van der Waals surface area contributed by atoms with Gasteiger partial charge in [0.15, 0.2) is 17.5 Å². The van der Waals surface area contributed by atoms with Gasteiger partial charge in [-0.2, -0.15) is 0 Å². The third kappa shape index (κ3) is 4.43. The average molecular weight is 394 g/mol. The lowest BCUT2D eigenvalue weighted by atomic mass is 9.95. The lowest BCUT2D eigenvalue weighted by molar-refractivity contribution is -0.919. The summed E-state index contributed by atoms with van der Waals surface area (Å²) >= 11 is 0. The Balaban J connectivity index is 1.28. The van der Waals surface area contributed by atoms with Crippen LogP contribution in [0.5, 0.6) is 5.75 Å². The smallest absolute Gasteiger partial charge is 0.278 e. The summed E-state index contributed by atoms with van der Waals surface area (Å²) in [6.07, 6.45) is 1.97. The maximum absolute atomic E-state index is 12.6. The van der Waals surface area contributed by atoms with Gasteiger partial charge in [-0.05, 0) is 36.8 Å². The highest BCUT2D eigenvalue weighted by Gasteiger charge is 2.32. The lowest BCUT2D eigenvalue weighted by Gasteiger charge is -2.31. The second-order valence-corrected chi connectivity index (χ2v) is 7.74. The fraction of sp³-hybridized carbons (Fsp3) is 0.391. The molecule has 0 spiro atoms. The minimum absolute atomic E-state index is 0.0715. The van der Waals surface area contributed by atoms with Gasteiger partial charge in [0.05, 0.1) is 20.2 Å². The summed E-state index contributed by atoms with van der Waals surface area (Å²) in [6, 6.07) is 15.6. The molecule has 2 aromatic carbocycles. The van der Waals surface area contributed by atoms with Gasteiger partial charge in [-0.3, -0.25) is 4.79 Å². The molecule has 1 saturated heterocycles. The van der Waals surface area contributed by atoms with Crippen LogP contribution in [0.4, 0.5) is 0 Å². The van der Waals surface area contributed by atoms with E-state index in [9.17, 15) is 4.79 Å². The zero-order chi connectivity index (χ0) is 20.2. The van der Waals surface area contributed by atoms with Gasteiger partial charge in [0.25, 0.3) is 5.91 Å². The van der Waals surface area contributed by atoms with E-state index in [1.807, 2.05) is 55.5 Å². The molecule has 29 heavy (non-hydrogen) atoms. The number of hydrogen-bond donors (Lipinski definition) is 2. The first kappa shape index (κ1) is 19.5. The molecular weight excluding hydrogens is 366 g/mol. The number of nitrogens with zero attached hydrogens (tertiary/aromatic N) is 1. The Morgan fingerprint density at radius 2 is 1.93 bits per heavy atom. The second-order valence-electron chi connectivity index (χ2n) is 7.74. The number of amides is 1. The maximum atomic E-state index is 12.6. The largest absolute Gasteiger partial charge is 0.497 e. The van der Waals surface area contributed by atoms with Crippen LogP contribution >= 0.6 is 0 Å². The summed E-state index contributed by atoms with van der Waals surface area (Å²) in [5.41, 5.74) is 2.84. The Bertz CT molecular complexity index is 926. The molecule has 2 heterocycles. The number of aromatic nitrogens is 1. The number of oxazole rings is 1. The third-order valence-corrected chi connectivity index (χ3v) is 5.92. The van der Waals surface area contributed by atoms with Gasteiger partial charge in [0.1, 0.15) is 11.3 Å². The van der Waals surface area contributed by atoms with Crippen LogP contribution in [0.2, 0.25) is 0 Å². The molecular formula is C23H28N3O3+. The highest BCUT2D eigenvalue weighted by atomic mass is 16.5. The summed E-state index contributed by atoms with van der Waals surface area (Å²) in [7, 11) is 1.65. The first-order chi connectivity index (χ1) is 14.1. The molecule has 0 radical (unpaired) electrons. The summed E-state index contributed by atoms with van der Waals surface area (Å²) < 4.78 is 11.1. The molecule has 6 heteroatoms. The maximum Gasteiger partial charge on any atom is 0.278 e. The molecule has 0 saturated carbocycles. The van der Waals surface area contributed by atoms with Crippen molar-refractivity contribution in [3.63, 3.8) is 0 Å². The first-order valence-electron chi connectivity index (χ1n) is 10.2. The SMILES string of the molecule is COc1ccc(CNC(=O)[C@H](C)[NH+]2CCC(c3nc4ccccc4o3)CC2)cc1. The number of fused-ring (bicyclic) bond motifs is 1. The van der Waals surface area contributed by atoms with Gasteiger partial charge in [0.2, 0.25) is 0 Å². The minimum atomic E-state index is -0.0715. The highest BCUT2D eigenvalue weighted by Crippen LogP contribution is 2.26. The predicted octanol–water partition coefficient (Wildman–Crippen LogP) is 2.30. The first-order valence-corrected chi connectivity index (χ1v) is 10.2. The molecule has 1 aliphatic rings. The van der Waals surface area contributed by atoms with Crippen LogP contribution in [-0.4, -0.2) is 37.1 Å². The summed E-state index contributed by atoms with van der Waals surface area (Å²) in [6.45, 7) is 4.44. The normalized spacial score (nSPS) is 20.3. The zero-order valence-electron chi connectivity index (χ0n) is 17.0. The van der Waals surface area contributed by atoms with E-state index in [1.165, 1.54) is 4.90 Å². The number of carbonyl (C=O) groups excluding carboxylic acids is 1. The monoisotopic (exact) mass is 394 g/mol. The highest BCUT2D eigenvalue weighted by molar-refractivity contribution is 5.79. The fourth-order valence-corrected chi connectivity index (χ4v) is 4.00. The number of rotatable bonds is 6. The summed E-state index contributed by atoms with van der Waals surface area (Å²) in [5.74, 6) is 2.08. The molecule has 3 aromatic rings. The molecule has 1 fully saturated rings. The Morgan fingerprint density at radius 1 is 1.21 bits per heavy atom. The van der Waals surface area contributed by atoms with E-state index in [0.717, 1.165) is 54.2 Å². The molecule has 152 valence electrons. The molecule has 2 N–H and O–H groups in total. The molecule has 1 aliphatic heterocycles. The topological polar surface area (TPSA) is 68.8 Å². The van der Waals surface area contributed by atoms with Crippen LogP contribution in [0.15, 0.2) is 52.9 Å². The Labute approximate surface area is 170 Å². The second kappa shape index (κ2) is 8.66. The average Bonchev–Trinajstić information content (AvgIpc) is 3.22. The minimum Gasteiger partial charge on any atom is -0.497 e. The number of para-hydroxylation sites is 2. The number of methoxy groups -OCH3 is 1. The van der Waals surface area contributed by atoms with Gasteiger partial charge in [-0.1, -0.05) is 24.3 Å². The van der Waals surface area contributed by atoms with Gasteiger partial charge >= 0.3 is 0 Å². The number of benzene rings is 2. The molecule has 6 nitrogen and oxygen atoms in total. The van der Waals surface area contributed by atoms with E-state index in [-0.39, 0.29) is 11.9 Å². The van der Waals surface area contributed by atoms with Crippen molar-refractivity contribution in [3.05, 3.63) is 60.0 Å². The standard InChI is InChI=1S/C23H27N3O3/c1-16(22(27)24-15-17-7-9-19(28-2)10-8-17)26-13-11-18(12-14-26)23-25-20-5-3-4-6-21(20)29-23/h3-10,16,18H,11-15H2,1-2H3,(H,24,27)/p+1/t16-/m0/s1. The Hall–Kier alpha value is -2.86. The molecule has 0 unspecified atom stereocenters. The van der Waals surface area contributed by atoms with Gasteiger partial charge in [-0.15, -0.1) is 0 Å². The Kier molecular flexibility index (Phi) is 5.81. The van der Waals surface area contributed by atoms with Crippen molar-refractivity contribution in [3.8, 4) is 5.75 Å². The number of quaternary nitrogens is 1. The van der Waals surface area contributed by atoms with E-state index in [0.29, 0.717) is 12.5 Å². The Morgan fingerprint density at radius 3 is 2.62 bits per heavy atom. The summed E-state index contributed by atoms with van der Waals surface area (Å²) in [4.78, 5) is 18.6. The zero-order valence-corrected chi connectivity index (χ0v) is 17.0. The van der Waals surface area contributed by atoms with Crippen molar-refractivity contribution in [2.45, 2.75) is 38.3 Å². The predicted molar refractivity (Wildman–Crippen MR) is 111 cm³/mol. The van der Waals surface area contributed by atoms with Crippen molar-refractivity contribution in [2.75, 3.05) is 20.2 Å². The number of likely N-dealkylation sites (tertiary alicyclic amines) is 1. The molecule has 4 rings (SSSR count). The van der Waals surface area contributed by atoms with Gasteiger partial charge < -0.3 is 19.4 Å². The molecule has 1 aromatic heterocycles. The lowest BCUT2D eigenvalue weighted by Crippen LogP contribution is -3.17. The third-order valence-electron chi connectivity index (χ3n) is 5.92. The van der Waals surface area contributed by atoms with E-state index >= 15 is 0 Å². The van der Waals surface area contributed by atoms with Crippen molar-refractivity contribution in [1.29, 1.82) is 0 Å². The van der Waals surface area contributed by atoms with E-state index in [2.05, 4.69) is 10.3 Å². The van der Waals surface area contributed by atoms with Crippen LogP contribution in [0, 0.1) is 0 Å². The summed E-state index contributed by atoms with van der Waals surface area (Å²) in [5, 5.41) is 3.06. The quantitative estimate of drug-likeness (QED) is 0.673. The molecule has 0 aliphatic carbocycles. The van der Waals surface area contributed by atoms with Crippen molar-refractivity contribution in [1.82, 2.24) is 10.3 Å². The van der Waals surface area contributed by atoms with E-state index in [1.54, 1.807) is 7.11 Å². The van der Waals surface area contributed by atoms with Crippen LogP contribution in [0.1, 0.15) is 37.1 Å². The van der Waals surface area contributed by atoms with Crippen LogP contribution in [-0.2, 0) is 11.3 Å². The molecule has 1 atom stereocenters. The molecule has 0 bridgehead atoms. The number of carbonyl (C=O) groups is 1. The van der Waals surface area contributed by atoms with Crippen molar-refractivity contribution >= 4 is 17.0 Å². The van der Waals surface area contributed by atoms with Crippen LogP contribution in [0.3, 0.4) is 0 Å². The molecule has 1 amide bonds. The van der Waals surface area contributed by atoms with Gasteiger partial charge in [0, 0.05) is 25.3 Å². The number of piperidine rings is 1. The van der Waals surface area contributed by atoms with Gasteiger partial charge in [-0.25, -0.2) is 4.98 Å². The number of ether oxygens (including phenoxy) is 1. The van der Waals surface area contributed by atoms with E-state index in [4.69, 9.17) is 9.15 Å². The number of nitrogens with one attached hydrogen (secondary N) is 2. The van der Waals surface area contributed by atoms with Crippen LogP contribution < -0.4 is 15.0 Å².